The predicted octanol–water partition coefficient (Wildman–Crippen LogP) is 2.28. The fourth-order valence-electron chi connectivity index (χ4n) is 0.946. The summed E-state index contributed by atoms with van der Waals surface area (Å²) in [5.41, 5.74) is -0.541. The first kappa shape index (κ1) is 10.8. The first-order valence-corrected chi connectivity index (χ1v) is 5.33. The zero-order valence-corrected chi connectivity index (χ0v) is 9.15. The van der Waals surface area contributed by atoms with E-state index in [9.17, 15) is 4.79 Å². The average molecular weight is 207 g/mol. The Balaban J connectivity index is 2.71. The standard InChI is InChI=1S/C11H13NOS/c1-4-11(3,5-2)12-10(13)9-7-6-8-14-9/h1,6-8H,5H2,2-3H3,(H,12,13)/t11-/m0/s1. The van der Waals surface area contributed by atoms with Crippen LogP contribution in [0.3, 0.4) is 0 Å². The molecule has 1 N–H and O–H groups in total. The van der Waals surface area contributed by atoms with Crippen LogP contribution in [0.15, 0.2) is 17.5 Å². The molecule has 14 heavy (non-hydrogen) atoms. The van der Waals surface area contributed by atoms with Gasteiger partial charge in [0.1, 0.15) is 0 Å². The lowest BCUT2D eigenvalue weighted by atomic mass is 10.0. The SMILES string of the molecule is C#C[C@@](C)(CC)NC(=O)c1cccs1. The fourth-order valence-corrected chi connectivity index (χ4v) is 1.57. The quantitative estimate of drug-likeness (QED) is 0.757. The molecule has 1 amide bonds. The number of nitrogens with one attached hydrogen (secondary N) is 1. The number of thiophene rings is 1. The van der Waals surface area contributed by atoms with Crippen molar-refractivity contribution in [3.63, 3.8) is 0 Å². The van der Waals surface area contributed by atoms with Crippen molar-refractivity contribution in [3.8, 4) is 12.3 Å². The van der Waals surface area contributed by atoms with Gasteiger partial charge in [-0.3, -0.25) is 4.79 Å². The molecule has 1 heterocycles. The van der Waals surface area contributed by atoms with Gasteiger partial charge in [0, 0.05) is 0 Å². The predicted molar refractivity (Wildman–Crippen MR) is 59.3 cm³/mol. The zero-order valence-electron chi connectivity index (χ0n) is 8.33. The second kappa shape index (κ2) is 4.30. The van der Waals surface area contributed by atoms with Crippen LogP contribution in [0.25, 0.3) is 0 Å². The van der Waals surface area contributed by atoms with E-state index in [0.29, 0.717) is 4.88 Å². The van der Waals surface area contributed by atoms with E-state index in [1.54, 1.807) is 6.07 Å². The van der Waals surface area contributed by atoms with Gasteiger partial charge in [0.25, 0.3) is 5.91 Å². The summed E-state index contributed by atoms with van der Waals surface area (Å²) < 4.78 is 0. The Morgan fingerprint density at radius 1 is 1.79 bits per heavy atom. The number of carbonyl (C=O) groups is 1. The lowest BCUT2D eigenvalue weighted by molar-refractivity contribution is 0.0928. The summed E-state index contributed by atoms with van der Waals surface area (Å²) in [5, 5.41) is 4.70. The van der Waals surface area contributed by atoms with Gasteiger partial charge >= 0.3 is 0 Å². The Bertz CT molecular complexity index is 350. The maximum atomic E-state index is 11.6. The zero-order chi connectivity index (χ0) is 10.6. The van der Waals surface area contributed by atoms with Gasteiger partial charge < -0.3 is 5.32 Å². The van der Waals surface area contributed by atoms with Crippen molar-refractivity contribution in [2.24, 2.45) is 0 Å². The minimum Gasteiger partial charge on any atom is -0.335 e. The van der Waals surface area contributed by atoms with Crippen LogP contribution in [-0.2, 0) is 0 Å². The molecule has 0 saturated carbocycles. The molecule has 1 aromatic rings. The molecule has 0 bridgehead atoms. The third-order valence-electron chi connectivity index (χ3n) is 2.16. The fraction of sp³-hybridized carbons (Fsp3) is 0.364. The van der Waals surface area contributed by atoms with E-state index in [1.165, 1.54) is 11.3 Å². The molecule has 1 aromatic heterocycles. The van der Waals surface area contributed by atoms with Gasteiger partial charge in [0.05, 0.1) is 10.4 Å². The minimum absolute atomic E-state index is 0.0951. The van der Waals surface area contributed by atoms with Crippen LogP contribution in [0.1, 0.15) is 29.9 Å². The van der Waals surface area contributed by atoms with Crippen LogP contribution in [-0.4, -0.2) is 11.4 Å². The molecule has 1 rings (SSSR count). The summed E-state index contributed by atoms with van der Waals surface area (Å²) >= 11 is 1.41. The van der Waals surface area contributed by atoms with E-state index in [2.05, 4.69) is 11.2 Å². The number of terminal acetylenes is 1. The van der Waals surface area contributed by atoms with Crippen molar-refractivity contribution >= 4 is 17.2 Å². The van der Waals surface area contributed by atoms with Gasteiger partial charge in [-0.2, -0.15) is 0 Å². The lowest BCUT2D eigenvalue weighted by Gasteiger charge is -2.22. The molecule has 0 spiro atoms. The van der Waals surface area contributed by atoms with E-state index in [-0.39, 0.29) is 5.91 Å². The molecule has 0 aliphatic heterocycles. The van der Waals surface area contributed by atoms with Gasteiger partial charge in [-0.25, -0.2) is 0 Å². The van der Waals surface area contributed by atoms with Crippen LogP contribution < -0.4 is 5.32 Å². The first-order valence-electron chi connectivity index (χ1n) is 4.45. The van der Waals surface area contributed by atoms with Crippen LogP contribution in [0.4, 0.5) is 0 Å². The highest BCUT2D eigenvalue weighted by atomic mass is 32.1. The summed E-state index contributed by atoms with van der Waals surface area (Å²) in [5.74, 6) is 2.50. The Hall–Kier alpha value is -1.27. The molecule has 3 heteroatoms. The molecule has 0 aromatic carbocycles. The van der Waals surface area contributed by atoms with Crippen molar-refractivity contribution < 1.29 is 4.79 Å². The van der Waals surface area contributed by atoms with Crippen LogP contribution >= 0.6 is 11.3 Å². The van der Waals surface area contributed by atoms with Crippen molar-refractivity contribution in [2.45, 2.75) is 25.8 Å². The molecule has 0 unspecified atom stereocenters. The molecule has 74 valence electrons. The third kappa shape index (κ3) is 2.36. The van der Waals surface area contributed by atoms with E-state index in [0.717, 1.165) is 6.42 Å². The Morgan fingerprint density at radius 2 is 2.50 bits per heavy atom. The van der Waals surface area contributed by atoms with E-state index in [1.807, 2.05) is 25.3 Å². The smallest absolute Gasteiger partial charge is 0.262 e. The highest BCUT2D eigenvalue weighted by Crippen LogP contribution is 2.12. The Kier molecular flexibility index (Phi) is 3.32. The summed E-state index contributed by atoms with van der Waals surface area (Å²) in [6.45, 7) is 3.80. The van der Waals surface area contributed by atoms with Gasteiger partial charge in [-0.15, -0.1) is 17.8 Å². The molecule has 0 radical (unpaired) electrons. The molecule has 0 aliphatic carbocycles. The maximum absolute atomic E-state index is 11.6. The van der Waals surface area contributed by atoms with E-state index < -0.39 is 5.54 Å². The van der Waals surface area contributed by atoms with Crippen molar-refractivity contribution in [3.05, 3.63) is 22.4 Å². The van der Waals surface area contributed by atoms with Gasteiger partial charge in [0.15, 0.2) is 0 Å². The van der Waals surface area contributed by atoms with Crippen molar-refractivity contribution in [2.75, 3.05) is 0 Å². The normalized spacial score (nSPS) is 14.1. The summed E-state index contributed by atoms with van der Waals surface area (Å²) in [4.78, 5) is 12.3. The highest BCUT2D eigenvalue weighted by molar-refractivity contribution is 7.12. The van der Waals surface area contributed by atoms with Gasteiger partial charge in [-0.1, -0.05) is 18.9 Å². The minimum atomic E-state index is -0.541. The summed E-state index contributed by atoms with van der Waals surface area (Å²) in [6, 6.07) is 3.63. The largest absolute Gasteiger partial charge is 0.335 e. The Morgan fingerprint density at radius 3 is 2.93 bits per heavy atom. The summed E-state index contributed by atoms with van der Waals surface area (Å²) in [7, 11) is 0. The number of amides is 1. The molecule has 1 atom stereocenters. The number of rotatable bonds is 3. The van der Waals surface area contributed by atoms with Gasteiger partial charge in [0.2, 0.25) is 0 Å². The molecule has 0 fully saturated rings. The van der Waals surface area contributed by atoms with Crippen LogP contribution in [0.5, 0.6) is 0 Å². The highest BCUT2D eigenvalue weighted by Gasteiger charge is 2.21. The van der Waals surface area contributed by atoms with Crippen molar-refractivity contribution in [1.82, 2.24) is 5.32 Å². The molecule has 0 aliphatic rings. The van der Waals surface area contributed by atoms with Crippen molar-refractivity contribution in [1.29, 1.82) is 0 Å². The second-order valence-electron chi connectivity index (χ2n) is 3.26. The topological polar surface area (TPSA) is 29.1 Å². The molecular weight excluding hydrogens is 194 g/mol. The maximum Gasteiger partial charge on any atom is 0.262 e. The van der Waals surface area contributed by atoms with Gasteiger partial charge in [-0.05, 0) is 24.8 Å². The third-order valence-corrected chi connectivity index (χ3v) is 3.03. The Labute approximate surface area is 88.3 Å². The van der Waals surface area contributed by atoms with E-state index >= 15 is 0 Å². The average Bonchev–Trinajstić information content (AvgIpc) is 2.70. The molecule has 0 saturated heterocycles. The number of hydrogen-bond acceptors (Lipinski definition) is 2. The molecule has 2 nitrogen and oxygen atoms in total. The molecular formula is C11H13NOS. The monoisotopic (exact) mass is 207 g/mol. The number of carbonyl (C=O) groups excluding carboxylic acids is 1. The lowest BCUT2D eigenvalue weighted by Crippen LogP contribution is -2.43. The number of hydrogen-bond donors (Lipinski definition) is 1. The first-order chi connectivity index (χ1) is 6.61. The van der Waals surface area contributed by atoms with Crippen LogP contribution in [0.2, 0.25) is 0 Å². The van der Waals surface area contributed by atoms with E-state index in [4.69, 9.17) is 6.42 Å². The summed E-state index contributed by atoms with van der Waals surface area (Å²) in [6.07, 6.45) is 6.08. The second-order valence-corrected chi connectivity index (χ2v) is 4.21. The van der Waals surface area contributed by atoms with Crippen LogP contribution in [0, 0.1) is 12.3 Å².